The van der Waals surface area contributed by atoms with Gasteiger partial charge in [0.15, 0.2) is 6.17 Å². The molecule has 0 saturated heterocycles. The van der Waals surface area contributed by atoms with E-state index in [1.54, 1.807) is 11.3 Å². The lowest BCUT2D eigenvalue weighted by Crippen LogP contribution is -2.03. The van der Waals surface area contributed by atoms with Gasteiger partial charge >= 0.3 is 0 Å². The summed E-state index contributed by atoms with van der Waals surface area (Å²) >= 11 is 5.43. The highest BCUT2D eigenvalue weighted by Crippen LogP contribution is 2.44. The molecule has 0 fully saturated rings. The lowest BCUT2D eigenvalue weighted by molar-refractivity contribution is 0.809. The Hall–Kier alpha value is -1.04. The third kappa shape index (κ3) is 2.16. The second-order valence-corrected chi connectivity index (χ2v) is 7.74. The van der Waals surface area contributed by atoms with Crippen LogP contribution in [-0.4, -0.2) is 20.8 Å². The van der Waals surface area contributed by atoms with E-state index in [2.05, 4.69) is 41.8 Å². The number of fused-ring (bicyclic) bond motifs is 1. The number of thioether (sulfide) groups is 2. The molecular formula is C14H10N2S3. The van der Waals surface area contributed by atoms with E-state index >= 15 is 0 Å². The van der Waals surface area contributed by atoms with E-state index in [0.717, 1.165) is 10.1 Å². The van der Waals surface area contributed by atoms with Crippen LogP contribution in [0.3, 0.4) is 0 Å². The fourth-order valence-electron chi connectivity index (χ4n) is 2.06. The molecule has 4 rings (SSSR count). The summed E-state index contributed by atoms with van der Waals surface area (Å²) in [6.45, 7) is 0. The zero-order chi connectivity index (χ0) is 12.7. The predicted octanol–water partition coefficient (Wildman–Crippen LogP) is 4.09. The minimum atomic E-state index is 0.0855. The zero-order valence-corrected chi connectivity index (χ0v) is 12.3. The number of rotatable bonds is 2. The molecule has 1 aromatic carbocycles. The Morgan fingerprint density at radius 1 is 0.842 bits per heavy atom. The second-order valence-electron chi connectivity index (χ2n) is 4.23. The largest absolute Gasteiger partial charge is 0.249 e. The van der Waals surface area contributed by atoms with E-state index in [-0.39, 0.29) is 6.17 Å². The van der Waals surface area contributed by atoms with Gasteiger partial charge in [-0.2, -0.15) is 0 Å². The normalized spacial score (nSPS) is 25.1. The third-order valence-electron chi connectivity index (χ3n) is 2.95. The van der Waals surface area contributed by atoms with Crippen LogP contribution in [0.25, 0.3) is 0 Å². The van der Waals surface area contributed by atoms with Crippen LogP contribution in [-0.2, 0) is 0 Å². The maximum Gasteiger partial charge on any atom is 0.163 e. The Morgan fingerprint density at radius 3 is 2.37 bits per heavy atom. The quantitative estimate of drug-likeness (QED) is 0.834. The molecule has 3 heterocycles. The number of benzene rings is 1. The molecular weight excluding hydrogens is 292 g/mol. The Bertz CT molecular complexity index is 647. The molecule has 1 aromatic heterocycles. The van der Waals surface area contributed by atoms with Crippen LogP contribution in [0, 0.1) is 0 Å². The van der Waals surface area contributed by atoms with E-state index in [1.807, 2.05) is 29.6 Å². The molecule has 2 unspecified atom stereocenters. The van der Waals surface area contributed by atoms with Gasteiger partial charge in [-0.3, -0.25) is 0 Å². The van der Waals surface area contributed by atoms with Crippen LogP contribution in [0.4, 0.5) is 0 Å². The van der Waals surface area contributed by atoms with Gasteiger partial charge in [-0.15, -0.1) is 11.3 Å². The Morgan fingerprint density at radius 2 is 1.63 bits per heavy atom. The van der Waals surface area contributed by atoms with Crippen LogP contribution >= 0.6 is 34.9 Å². The summed E-state index contributed by atoms with van der Waals surface area (Å²) in [6, 6.07) is 14.6. The summed E-state index contributed by atoms with van der Waals surface area (Å²) in [4.78, 5) is 10.8. The van der Waals surface area contributed by atoms with Gasteiger partial charge in [-0.05, 0) is 11.4 Å². The van der Waals surface area contributed by atoms with Crippen LogP contribution in [0.1, 0.15) is 10.4 Å². The first-order valence-corrected chi connectivity index (χ1v) is 8.62. The van der Waals surface area contributed by atoms with Crippen molar-refractivity contribution in [2.45, 2.75) is 10.7 Å². The summed E-state index contributed by atoms with van der Waals surface area (Å²) < 4.78 is 0.410. The van der Waals surface area contributed by atoms with Crippen molar-refractivity contribution < 1.29 is 0 Å². The number of hydrogen-bond acceptors (Lipinski definition) is 5. The van der Waals surface area contributed by atoms with Gasteiger partial charge in [0.05, 0.1) is 4.88 Å². The molecule has 19 heavy (non-hydrogen) atoms. The third-order valence-corrected chi connectivity index (χ3v) is 6.60. The smallest absolute Gasteiger partial charge is 0.163 e. The van der Waals surface area contributed by atoms with Gasteiger partial charge < -0.3 is 0 Å². The van der Waals surface area contributed by atoms with E-state index in [0.29, 0.717) is 4.58 Å². The van der Waals surface area contributed by atoms with Crippen molar-refractivity contribution in [3.63, 3.8) is 0 Å². The molecule has 0 N–H and O–H groups in total. The maximum atomic E-state index is 4.76. The highest BCUT2D eigenvalue weighted by molar-refractivity contribution is 8.31. The molecule has 0 aliphatic carbocycles. The summed E-state index contributed by atoms with van der Waals surface area (Å²) in [5, 5.41) is 4.36. The van der Waals surface area contributed by atoms with Crippen molar-refractivity contribution in [1.82, 2.24) is 0 Å². The van der Waals surface area contributed by atoms with Crippen LogP contribution in [0.2, 0.25) is 0 Å². The average molecular weight is 302 g/mol. The topological polar surface area (TPSA) is 24.7 Å². The zero-order valence-electron chi connectivity index (χ0n) is 9.89. The fraction of sp³-hybridized carbons (Fsp3) is 0.143. The summed E-state index contributed by atoms with van der Waals surface area (Å²) in [6.07, 6.45) is 0.0855. The molecule has 2 aliphatic rings. The van der Waals surface area contributed by atoms with Gasteiger partial charge in [0, 0.05) is 5.56 Å². The molecule has 2 nitrogen and oxygen atoms in total. The first-order valence-electron chi connectivity index (χ1n) is 5.98. The summed E-state index contributed by atoms with van der Waals surface area (Å²) in [7, 11) is 0. The number of nitrogens with zero attached hydrogens (tertiary/aromatic N) is 2. The predicted molar refractivity (Wildman–Crippen MR) is 86.6 cm³/mol. The van der Waals surface area contributed by atoms with Crippen molar-refractivity contribution >= 4 is 44.9 Å². The minimum absolute atomic E-state index is 0.0855. The summed E-state index contributed by atoms with van der Waals surface area (Å²) in [5.41, 5.74) is 1.20. The monoisotopic (exact) mass is 302 g/mol. The molecule has 2 atom stereocenters. The maximum absolute atomic E-state index is 4.76. The van der Waals surface area contributed by atoms with Crippen molar-refractivity contribution in [3.8, 4) is 0 Å². The average Bonchev–Trinajstić information content (AvgIpc) is 3.14. The van der Waals surface area contributed by atoms with Crippen LogP contribution in [0.15, 0.2) is 57.8 Å². The van der Waals surface area contributed by atoms with Gasteiger partial charge in [0.1, 0.15) is 14.7 Å². The number of aliphatic imine (C=N–C) groups is 2. The van der Waals surface area contributed by atoms with Gasteiger partial charge in [-0.1, -0.05) is 59.9 Å². The van der Waals surface area contributed by atoms with E-state index in [9.17, 15) is 0 Å². The molecule has 0 radical (unpaired) electrons. The first kappa shape index (κ1) is 11.8. The number of thiophene rings is 1. The molecule has 2 aromatic rings. The standard InChI is InChI=1S/C14H10N2S3/c1-2-5-9(6-3-1)12-15-11-14(18-12)19-13(16-11)10-7-4-8-17-10/h1-8,11,14H. The Labute approximate surface area is 124 Å². The van der Waals surface area contributed by atoms with Gasteiger partial charge in [0.2, 0.25) is 0 Å². The molecule has 2 aliphatic heterocycles. The molecule has 0 bridgehead atoms. The minimum Gasteiger partial charge on any atom is -0.249 e. The highest BCUT2D eigenvalue weighted by Gasteiger charge is 2.37. The van der Waals surface area contributed by atoms with Crippen molar-refractivity contribution in [2.75, 3.05) is 0 Å². The Balaban J connectivity index is 1.62. The number of hydrogen-bond donors (Lipinski definition) is 0. The second kappa shape index (κ2) is 4.81. The molecule has 5 heteroatoms. The van der Waals surface area contributed by atoms with Crippen molar-refractivity contribution in [2.24, 2.45) is 9.98 Å². The van der Waals surface area contributed by atoms with Crippen LogP contribution in [0.5, 0.6) is 0 Å². The van der Waals surface area contributed by atoms with Crippen LogP contribution < -0.4 is 0 Å². The van der Waals surface area contributed by atoms with Crippen molar-refractivity contribution in [3.05, 3.63) is 58.3 Å². The van der Waals surface area contributed by atoms with E-state index < -0.39 is 0 Å². The highest BCUT2D eigenvalue weighted by atomic mass is 32.2. The molecule has 0 amide bonds. The lowest BCUT2D eigenvalue weighted by atomic mass is 10.2. The van der Waals surface area contributed by atoms with Gasteiger partial charge in [0.25, 0.3) is 0 Å². The fourth-order valence-corrected chi connectivity index (χ4v) is 5.43. The Kier molecular flexibility index (Phi) is 2.98. The van der Waals surface area contributed by atoms with E-state index in [1.165, 1.54) is 10.4 Å². The SMILES string of the molecule is c1ccc(C2=NC3N=C(c4cccs4)SC3S2)cc1. The molecule has 0 spiro atoms. The van der Waals surface area contributed by atoms with Crippen molar-refractivity contribution in [1.29, 1.82) is 0 Å². The molecule has 94 valence electrons. The summed E-state index contributed by atoms with van der Waals surface area (Å²) in [5.74, 6) is 0. The van der Waals surface area contributed by atoms with Gasteiger partial charge in [-0.25, -0.2) is 9.98 Å². The van der Waals surface area contributed by atoms with E-state index in [4.69, 9.17) is 9.98 Å². The molecule has 0 saturated carbocycles. The first-order chi connectivity index (χ1) is 9.40. The lowest BCUT2D eigenvalue weighted by Gasteiger charge is -2.03.